The minimum Gasteiger partial charge on any atom is -0.469 e. The first-order chi connectivity index (χ1) is 8.13. The minimum atomic E-state index is -0.192. The van der Waals surface area contributed by atoms with E-state index in [2.05, 4.69) is 10.1 Å². The van der Waals surface area contributed by atoms with Gasteiger partial charge < -0.3 is 15.0 Å². The number of methoxy groups -OCH3 is 1. The van der Waals surface area contributed by atoms with E-state index in [4.69, 9.17) is 0 Å². The van der Waals surface area contributed by atoms with Gasteiger partial charge in [-0.3, -0.25) is 4.79 Å². The van der Waals surface area contributed by atoms with Gasteiger partial charge in [0.25, 0.3) is 0 Å². The molecule has 0 aromatic carbocycles. The summed E-state index contributed by atoms with van der Waals surface area (Å²) in [4.78, 5) is 24.1. The van der Waals surface area contributed by atoms with Crippen LogP contribution in [0.25, 0.3) is 0 Å². The molecule has 1 aliphatic carbocycles. The van der Waals surface area contributed by atoms with Crippen LogP contribution in [0.1, 0.15) is 32.1 Å². The van der Waals surface area contributed by atoms with Gasteiger partial charge in [-0.25, -0.2) is 4.79 Å². The number of amides is 2. The van der Waals surface area contributed by atoms with Crippen LogP contribution in [0.2, 0.25) is 0 Å². The highest BCUT2D eigenvalue weighted by atomic mass is 16.5. The van der Waals surface area contributed by atoms with Crippen LogP contribution in [0.3, 0.4) is 0 Å². The molecule has 0 aromatic heterocycles. The Morgan fingerprint density at radius 1 is 1.35 bits per heavy atom. The highest BCUT2D eigenvalue weighted by Crippen LogP contribution is 2.29. The van der Waals surface area contributed by atoms with E-state index in [-0.39, 0.29) is 12.0 Å². The molecule has 0 radical (unpaired) electrons. The predicted octanol–water partition coefficient (Wildman–Crippen LogP) is 1.38. The van der Waals surface area contributed by atoms with Crippen LogP contribution in [0.5, 0.6) is 0 Å². The Bertz CT molecular complexity index is 264. The first-order valence-corrected chi connectivity index (χ1v) is 6.19. The van der Waals surface area contributed by atoms with Gasteiger partial charge >= 0.3 is 12.0 Å². The van der Waals surface area contributed by atoms with Crippen molar-refractivity contribution < 1.29 is 14.3 Å². The number of unbranched alkanes of at least 4 members (excludes halogenated alkanes) is 1. The van der Waals surface area contributed by atoms with Gasteiger partial charge in [-0.05, 0) is 31.6 Å². The van der Waals surface area contributed by atoms with Crippen LogP contribution in [0.4, 0.5) is 4.79 Å². The van der Waals surface area contributed by atoms with E-state index in [9.17, 15) is 9.59 Å². The summed E-state index contributed by atoms with van der Waals surface area (Å²) in [6.07, 6.45) is 4.47. The fourth-order valence-corrected chi connectivity index (χ4v) is 1.60. The van der Waals surface area contributed by atoms with Crippen molar-refractivity contribution in [1.82, 2.24) is 10.2 Å². The zero-order chi connectivity index (χ0) is 12.7. The van der Waals surface area contributed by atoms with E-state index in [1.54, 1.807) is 4.90 Å². The lowest BCUT2D eigenvalue weighted by molar-refractivity contribution is -0.140. The molecular weight excluding hydrogens is 220 g/mol. The number of esters is 1. The molecule has 17 heavy (non-hydrogen) atoms. The highest BCUT2D eigenvalue weighted by molar-refractivity contribution is 5.73. The molecule has 0 saturated heterocycles. The molecule has 1 rings (SSSR count). The summed E-state index contributed by atoms with van der Waals surface area (Å²) in [6.45, 7) is 1.47. The lowest BCUT2D eigenvalue weighted by Gasteiger charge is -2.17. The lowest BCUT2D eigenvalue weighted by Crippen LogP contribution is -2.38. The third-order valence-electron chi connectivity index (χ3n) is 2.89. The molecule has 1 fully saturated rings. The summed E-state index contributed by atoms with van der Waals surface area (Å²) in [7, 11) is 3.21. The van der Waals surface area contributed by atoms with E-state index in [1.165, 1.54) is 20.0 Å². The van der Waals surface area contributed by atoms with Crippen LogP contribution in [-0.2, 0) is 9.53 Å². The van der Waals surface area contributed by atoms with Crippen LogP contribution < -0.4 is 5.32 Å². The van der Waals surface area contributed by atoms with Gasteiger partial charge in [-0.1, -0.05) is 0 Å². The topological polar surface area (TPSA) is 58.6 Å². The molecule has 1 N–H and O–H groups in total. The molecule has 98 valence electrons. The maximum absolute atomic E-state index is 11.6. The number of ether oxygens (including phenoxy) is 1. The maximum atomic E-state index is 11.6. The second kappa shape index (κ2) is 7.14. The third-order valence-corrected chi connectivity index (χ3v) is 2.89. The quantitative estimate of drug-likeness (QED) is 0.542. The van der Waals surface area contributed by atoms with E-state index in [0.717, 1.165) is 19.4 Å². The van der Waals surface area contributed by atoms with Crippen molar-refractivity contribution in [2.45, 2.75) is 32.1 Å². The number of rotatable bonds is 7. The van der Waals surface area contributed by atoms with E-state index in [0.29, 0.717) is 18.9 Å². The van der Waals surface area contributed by atoms with Gasteiger partial charge in [-0.15, -0.1) is 0 Å². The SMILES string of the molecule is COC(=O)CCCCNC(=O)N(C)CC1CC1. The molecule has 0 aliphatic heterocycles. The minimum absolute atomic E-state index is 0.0185. The van der Waals surface area contributed by atoms with E-state index in [1.807, 2.05) is 7.05 Å². The van der Waals surface area contributed by atoms with Crippen LogP contribution in [0, 0.1) is 5.92 Å². The van der Waals surface area contributed by atoms with Crippen LogP contribution >= 0.6 is 0 Å². The normalized spacial score (nSPS) is 14.2. The number of carbonyl (C=O) groups is 2. The van der Waals surface area contributed by atoms with Crippen molar-refractivity contribution in [3.8, 4) is 0 Å². The van der Waals surface area contributed by atoms with Crippen molar-refractivity contribution in [1.29, 1.82) is 0 Å². The zero-order valence-corrected chi connectivity index (χ0v) is 10.7. The molecule has 5 nitrogen and oxygen atoms in total. The molecule has 1 saturated carbocycles. The number of carbonyl (C=O) groups excluding carboxylic acids is 2. The Hall–Kier alpha value is -1.26. The van der Waals surface area contributed by atoms with Gasteiger partial charge in [0.1, 0.15) is 0 Å². The molecule has 1 aliphatic rings. The summed E-state index contributed by atoms with van der Waals surface area (Å²) in [5.74, 6) is 0.521. The average molecular weight is 242 g/mol. The second-order valence-electron chi connectivity index (χ2n) is 4.59. The maximum Gasteiger partial charge on any atom is 0.317 e. The Labute approximate surface area is 102 Å². The Morgan fingerprint density at radius 2 is 2.06 bits per heavy atom. The van der Waals surface area contributed by atoms with Crippen molar-refractivity contribution in [3.63, 3.8) is 0 Å². The largest absolute Gasteiger partial charge is 0.469 e. The van der Waals surface area contributed by atoms with Gasteiger partial charge in [-0.2, -0.15) is 0 Å². The summed E-state index contributed by atoms with van der Waals surface area (Å²) >= 11 is 0. The molecule has 0 unspecified atom stereocenters. The van der Waals surface area contributed by atoms with Crippen molar-refractivity contribution in [3.05, 3.63) is 0 Å². The second-order valence-corrected chi connectivity index (χ2v) is 4.59. The zero-order valence-electron chi connectivity index (χ0n) is 10.7. The first kappa shape index (κ1) is 13.8. The predicted molar refractivity (Wildman–Crippen MR) is 64.6 cm³/mol. The third kappa shape index (κ3) is 6.14. The molecular formula is C12H22N2O3. The van der Waals surface area contributed by atoms with Gasteiger partial charge in [0.15, 0.2) is 0 Å². The van der Waals surface area contributed by atoms with Gasteiger partial charge in [0, 0.05) is 26.6 Å². The summed E-state index contributed by atoms with van der Waals surface area (Å²) in [5, 5.41) is 2.84. The number of urea groups is 1. The van der Waals surface area contributed by atoms with Crippen molar-refractivity contribution in [2.75, 3.05) is 27.2 Å². The molecule has 0 spiro atoms. The van der Waals surface area contributed by atoms with Crippen LogP contribution in [0.15, 0.2) is 0 Å². The molecule has 0 heterocycles. The van der Waals surface area contributed by atoms with Crippen molar-refractivity contribution >= 4 is 12.0 Å². The number of nitrogens with zero attached hydrogens (tertiary/aromatic N) is 1. The van der Waals surface area contributed by atoms with Crippen molar-refractivity contribution in [2.24, 2.45) is 5.92 Å². The Balaban J connectivity index is 1.97. The lowest BCUT2D eigenvalue weighted by atomic mass is 10.2. The highest BCUT2D eigenvalue weighted by Gasteiger charge is 2.24. The van der Waals surface area contributed by atoms with E-state index < -0.39 is 0 Å². The Kier molecular flexibility index (Phi) is 5.80. The number of hydrogen-bond acceptors (Lipinski definition) is 3. The molecule has 2 amide bonds. The summed E-state index contributed by atoms with van der Waals surface area (Å²) in [6, 6.07) is -0.0185. The monoisotopic (exact) mass is 242 g/mol. The van der Waals surface area contributed by atoms with Gasteiger partial charge in [0.2, 0.25) is 0 Å². The fourth-order valence-electron chi connectivity index (χ4n) is 1.60. The van der Waals surface area contributed by atoms with Crippen LogP contribution in [-0.4, -0.2) is 44.1 Å². The summed E-state index contributed by atoms with van der Waals surface area (Å²) < 4.78 is 4.53. The summed E-state index contributed by atoms with van der Waals surface area (Å²) in [5.41, 5.74) is 0. The molecule has 0 aromatic rings. The standard InChI is InChI=1S/C12H22N2O3/c1-14(9-10-6-7-10)12(16)13-8-4-3-5-11(15)17-2/h10H,3-9H2,1-2H3,(H,13,16). The first-order valence-electron chi connectivity index (χ1n) is 6.19. The molecule has 0 bridgehead atoms. The molecule has 0 atom stereocenters. The van der Waals surface area contributed by atoms with Gasteiger partial charge in [0.05, 0.1) is 7.11 Å². The average Bonchev–Trinajstić information content (AvgIpc) is 3.11. The smallest absolute Gasteiger partial charge is 0.317 e. The molecule has 5 heteroatoms. The Morgan fingerprint density at radius 3 is 2.65 bits per heavy atom. The number of hydrogen-bond donors (Lipinski definition) is 1. The van der Waals surface area contributed by atoms with E-state index >= 15 is 0 Å². The fraction of sp³-hybridized carbons (Fsp3) is 0.833. The number of nitrogens with one attached hydrogen (secondary N) is 1.